The van der Waals surface area contributed by atoms with Crippen molar-refractivity contribution in [3.8, 4) is 0 Å². The van der Waals surface area contributed by atoms with Gasteiger partial charge in [0.05, 0.1) is 12.9 Å². The van der Waals surface area contributed by atoms with Crippen LogP contribution in [0.2, 0.25) is 0 Å². The highest BCUT2D eigenvalue weighted by Gasteiger charge is 2.00. The molecular weight excluding hydrogens is 220 g/mol. The van der Waals surface area contributed by atoms with Gasteiger partial charge in [0, 0.05) is 6.42 Å². The Bertz CT molecular complexity index is 424. The summed E-state index contributed by atoms with van der Waals surface area (Å²) in [6, 6.07) is 10.3. The predicted octanol–water partition coefficient (Wildman–Crippen LogP) is 4.98. The molecule has 96 valence electrons. The first-order valence-corrected chi connectivity index (χ1v) is 6.34. The molecule has 0 atom stereocenters. The lowest BCUT2D eigenvalue weighted by molar-refractivity contribution is 0.275. The standard InChI is InChI=1S/C9H10.C8H12O/c1-2-6-9-7-4-3-5-8-9;1-7-3-5-8(9-2)6-4-7/h2-8H,1H3;3,5H,4,6H2,1-2H3/b6-2+;. The monoisotopic (exact) mass is 242 g/mol. The molecule has 0 saturated carbocycles. The van der Waals surface area contributed by atoms with Gasteiger partial charge in [0.2, 0.25) is 0 Å². The van der Waals surface area contributed by atoms with Crippen LogP contribution in [0.1, 0.15) is 32.3 Å². The van der Waals surface area contributed by atoms with E-state index in [0.717, 1.165) is 18.6 Å². The van der Waals surface area contributed by atoms with Crippen molar-refractivity contribution in [2.75, 3.05) is 7.11 Å². The lowest BCUT2D eigenvalue weighted by Gasteiger charge is -2.09. The number of ether oxygens (including phenoxy) is 1. The van der Waals surface area contributed by atoms with Crippen molar-refractivity contribution in [1.82, 2.24) is 0 Å². The van der Waals surface area contributed by atoms with Crippen LogP contribution in [0.15, 0.2) is 59.9 Å². The molecule has 0 N–H and O–H groups in total. The van der Waals surface area contributed by atoms with Crippen LogP contribution >= 0.6 is 0 Å². The molecule has 0 heterocycles. The lowest BCUT2D eigenvalue weighted by Crippen LogP contribution is -1.92. The maximum absolute atomic E-state index is 5.06. The quantitative estimate of drug-likeness (QED) is 0.711. The zero-order chi connectivity index (χ0) is 13.2. The Morgan fingerprint density at radius 1 is 1.06 bits per heavy atom. The Kier molecular flexibility index (Phi) is 6.63. The summed E-state index contributed by atoms with van der Waals surface area (Å²) in [7, 11) is 1.72. The maximum atomic E-state index is 5.06. The number of hydrogen-bond donors (Lipinski definition) is 0. The normalized spacial score (nSPS) is 14.4. The zero-order valence-corrected chi connectivity index (χ0v) is 11.5. The second-order valence-corrected chi connectivity index (χ2v) is 4.26. The van der Waals surface area contributed by atoms with Gasteiger partial charge in [-0.25, -0.2) is 0 Å². The number of hydrogen-bond acceptors (Lipinski definition) is 1. The van der Waals surface area contributed by atoms with E-state index in [9.17, 15) is 0 Å². The summed E-state index contributed by atoms with van der Waals surface area (Å²) in [6.45, 7) is 4.16. The van der Waals surface area contributed by atoms with Gasteiger partial charge in [-0.05, 0) is 31.9 Å². The number of methoxy groups -OCH3 is 1. The zero-order valence-electron chi connectivity index (χ0n) is 11.5. The highest BCUT2D eigenvalue weighted by Crippen LogP contribution is 2.17. The van der Waals surface area contributed by atoms with Crippen LogP contribution in [-0.4, -0.2) is 7.11 Å². The van der Waals surface area contributed by atoms with E-state index < -0.39 is 0 Å². The Balaban J connectivity index is 0.000000180. The molecule has 1 heteroatoms. The van der Waals surface area contributed by atoms with Gasteiger partial charge in [-0.2, -0.15) is 0 Å². The van der Waals surface area contributed by atoms with Crippen LogP contribution in [0, 0.1) is 0 Å². The minimum atomic E-state index is 1.07. The Morgan fingerprint density at radius 2 is 1.78 bits per heavy atom. The van der Waals surface area contributed by atoms with Crippen molar-refractivity contribution in [2.24, 2.45) is 0 Å². The van der Waals surface area contributed by atoms with Crippen LogP contribution in [0.3, 0.4) is 0 Å². The van der Waals surface area contributed by atoms with Gasteiger partial charge in [-0.15, -0.1) is 0 Å². The van der Waals surface area contributed by atoms with Crippen LogP contribution in [0.4, 0.5) is 0 Å². The average Bonchev–Trinajstić information content (AvgIpc) is 2.42. The summed E-state index contributed by atoms with van der Waals surface area (Å²) in [4.78, 5) is 0. The second kappa shape index (κ2) is 8.35. The molecule has 18 heavy (non-hydrogen) atoms. The molecule has 1 aliphatic rings. The molecule has 0 aliphatic heterocycles. The van der Waals surface area contributed by atoms with Gasteiger partial charge in [0.1, 0.15) is 0 Å². The Labute approximate surface area is 110 Å². The predicted molar refractivity (Wildman–Crippen MR) is 79.2 cm³/mol. The fourth-order valence-corrected chi connectivity index (χ4v) is 1.65. The molecule has 0 radical (unpaired) electrons. The molecule has 0 unspecified atom stereocenters. The van der Waals surface area contributed by atoms with Gasteiger partial charge in [0.15, 0.2) is 0 Å². The fraction of sp³-hybridized carbons (Fsp3) is 0.294. The van der Waals surface area contributed by atoms with Crippen molar-refractivity contribution in [2.45, 2.75) is 26.7 Å². The Morgan fingerprint density at radius 3 is 2.28 bits per heavy atom. The lowest BCUT2D eigenvalue weighted by atomic mass is 10.1. The molecular formula is C17H22O. The molecule has 0 aromatic heterocycles. The summed E-state index contributed by atoms with van der Waals surface area (Å²) in [6.07, 6.45) is 10.5. The molecule has 1 nitrogen and oxygen atoms in total. The van der Waals surface area contributed by atoms with Gasteiger partial charge in [-0.3, -0.25) is 0 Å². The summed E-state index contributed by atoms with van der Waals surface area (Å²) in [5, 5.41) is 0. The molecule has 0 fully saturated rings. The first-order chi connectivity index (χ1) is 8.76. The topological polar surface area (TPSA) is 9.23 Å². The van der Waals surface area contributed by atoms with Crippen molar-refractivity contribution >= 4 is 6.08 Å². The van der Waals surface area contributed by atoms with E-state index in [1.54, 1.807) is 7.11 Å². The van der Waals surface area contributed by atoms with E-state index >= 15 is 0 Å². The van der Waals surface area contributed by atoms with Gasteiger partial charge in [-0.1, -0.05) is 54.1 Å². The van der Waals surface area contributed by atoms with E-state index in [1.807, 2.05) is 37.3 Å². The maximum Gasteiger partial charge on any atom is 0.0958 e. The third-order valence-electron chi connectivity index (χ3n) is 2.74. The van der Waals surface area contributed by atoms with E-state index in [1.165, 1.54) is 11.1 Å². The van der Waals surface area contributed by atoms with Crippen LogP contribution in [0.5, 0.6) is 0 Å². The molecule has 0 amide bonds. The van der Waals surface area contributed by atoms with Crippen molar-refractivity contribution in [3.05, 3.63) is 65.5 Å². The van der Waals surface area contributed by atoms with Crippen molar-refractivity contribution in [3.63, 3.8) is 0 Å². The van der Waals surface area contributed by atoms with Crippen LogP contribution < -0.4 is 0 Å². The first-order valence-electron chi connectivity index (χ1n) is 6.34. The minimum absolute atomic E-state index is 1.07. The molecule has 1 aromatic carbocycles. The first kappa shape index (κ1) is 14.3. The van der Waals surface area contributed by atoms with Gasteiger partial charge in [0.25, 0.3) is 0 Å². The largest absolute Gasteiger partial charge is 0.501 e. The smallest absolute Gasteiger partial charge is 0.0958 e. The highest BCUT2D eigenvalue weighted by molar-refractivity contribution is 5.47. The summed E-state index contributed by atoms with van der Waals surface area (Å²) in [5.74, 6) is 1.10. The van der Waals surface area contributed by atoms with E-state index in [4.69, 9.17) is 4.74 Å². The molecule has 0 bridgehead atoms. The summed E-state index contributed by atoms with van der Waals surface area (Å²) < 4.78 is 5.06. The number of rotatable bonds is 2. The van der Waals surface area contributed by atoms with E-state index in [2.05, 4.69) is 31.2 Å². The summed E-state index contributed by atoms with van der Waals surface area (Å²) >= 11 is 0. The Hall–Kier alpha value is -1.76. The average molecular weight is 242 g/mol. The number of benzene rings is 1. The fourth-order valence-electron chi connectivity index (χ4n) is 1.65. The van der Waals surface area contributed by atoms with Crippen LogP contribution in [-0.2, 0) is 4.74 Å². The van der Waals surface area contributed by atoms with Crippen molar-refractivity contribution in [1.29, 1.82) is 0 Å². The molecule has 0 saturated heterocycles. The third-order valence-corrected chi connectivity index (χ3v) is 2.74. The van der Waals surface area contributed by atoms with E-state index in [0.29, 0.717) is 0 Å². The second-order valence-electron chi connectivity index (χ2n) is 4.26. The number of allylic oxidation sites excluding steroid dienone is 5. The molecule has 1 aliphatic carbocycles. The van der Waals surface area contributed by atoms with Gasteiger partial charge < -0.3 is 4.74 Å². The summed E-state index contributed by atoms with van der Waals surface area (Å²) in [5.41, 5.74) is 2.70. The van der Waals surface area contributed by atoms with E-state index in [-0.39, 0.29) is 0 Å². The highest BCUT2D eigenvalue weighted by atomic mass is 16.5. The van der Waals surface area contributed by atoms with Crippen LogP contribution in [0.25, 0.3) is 6.08 Å². The third kappa shape index (κ3) is 5.53. The molecule has 0 spiro atoms. The van der Waals surface area contributed by atoms with Crippen molar-refractivity contribution < 1.29 is 4.74 Å². The van der Waals surface area contributed by atoms with Gasteiger partial charge >= 0.3 is 0 Å². The molecule has 1 aromatic rings. The minimum Gasteiger partial charge on any atom is -0.501 e. The SMILES string of the molecule is C/C=C/c1ccccc1.COC1=CC=C(C)CC1. The molecule has 2 rings (SSSR count).